The molecule has 0 radical (unpaired) electrons. The molecule has 1 atom stereocenters. The minimum Gasteiger partial charge on any atom is -0.341 e. The van der Waals surface area contributed by atoms with Crippen LogP contribution in [0.25, 0.3) is 0 Å². The molecule has 0 spiro atoms. The zero-order valence-electron chi connectivity index (χ0n) is 11.0. The van der Waals surface area contributed by atoms with Crippen LogP contribution >= 0.6 is 23.4 Å². The summed E-state index contributed by atoms with van der Waals surface area (Å²) in [4.78, 5) is 22.8. The third-order valence-corrected chi connectivity index (χ3v) is 3.81. The molecule has 9 heteroatoms. The van der Waals surface area contributed by atoms with Gasteiger partial charge in [0.15, 0.2) is 0 Å². The molecule has 0 aliphatic carbocycles. The molecular weight excluding hydrogens is 329 g/mol. The molecule has 0 aromatic heterocycles. The zero-order chi connectivity index (χ0) is 16.2. The highest BCUT2D eigenvalue weighted by Crippen LogP contribution is 2.37. The molecule has 0 heterocycles. The van der Waals surface area contributed by atoms with Crippen molar-refractivity contribution in [3.05, 3.63) is 28.8 Å². The second-order valence-corrected chi connectivity index (χ2v) is 5.79. The van der Waals surface area contributed by atoms with Crippen LogP contribution in [0.15, 0.2) is 23.1 Å². The Bertz CT molecular complexity index is 552. The van der Waals surface area contributed by atoms with Crippen molar-refractivity contribution >= 4 is 35.3 Å². The number of benzene rings is 1. The molecule has 0 bridgehead atoms. The number of hydrogen-bond donors (Lipinski definition) is 2. The Labute approximate surface area is 128 Å². The van der Waals surface area contributed by atoms with E-state index >= 15 is 0 Å². The first-order chi connectivity index (χ1) is 9.65. The van der Waals surface area contributed by atoms with Crippen LogP contribution < -0.4 is 10.6 Å². The van der Waals surface area contributed by atoms with E-state index in [1.165, 1.54) is 20.0 Å². The maximum atomic E-state index is 12.7. The summed E-state index contributed by atoms with van der Waals surface area (Å²) in [5.74, 6) is -0.608. The van der Waals surface area contributed by atoms with Crippen LogP contribution in [-0.2, 0) is 11.0 Å². The van der Waals surface area contributed by atoms with Gasteiger partial charge >= 0.3 is 12.2 Å². The number of carbonyl (C=O) groups excluding carboxylic acids is 2. The fourth-order valence-electron chi connectivity index (χ4n) is 1.33. The molecule has 4 nitrogen and oxygen atoms in total. The Balaban J connectivity index is 2.84. The van der Waals surface area contributed by atoms with Gasteiger partial charge in [-0.25, -0.2) is 4.79 Å². The smallest absolute Gasteiger partial charge is 0.341 e. The standard InChI is InChI=1S/C12H12ClF3N2O2S/c1-6(10(19)18-11(20)17-2)21-7-3-4-9(13)8(5-7)12(14,15)16/h3-6H,1-2H3,(H2,17,18,19,20)/t6-/m0/s1. The number of thioether (sulfide) groups is 1. The van der Waals surface area contributed by atoms with E-state index in [0.717, 1.165) is 23.9 Å². The predicted molar refractivity (Wildman–Crippen MR) is 74.4 cm³/mol. The van der Waals surface area contributed by atoms with E-state index in [1.54, 1.807) is 0 Å². The van der Waals surface area contributed by atoms with Gasteiger partial charge in [-0.1, -0.05) is 11.6 Å². The van der Waals surface area contributed by atoms with Crippen LogP contribution in [0.5, 0.6) is 0 Å². The summed E-state index contributed by atoms with van der Waals surface area (Å²) in [6.07, 6.45) is -4.57. The SMILES string of the molecule is CNC(=O)NC(=O)[C@H](C)Sc1ccc(Cl)c(C(F)(F)F)c1. The number of nitrogens with one attached hydrogen (secondary N) is 2. The number of hydrogen-bond acceptors (Lipinski definition) is 3. The molecule has 1 rings (SSSR count). The quantitative estimate of drug-likeness (QED) is 0.830. The monoisotopic (exact) mass is 340 g/mol. The number of carbonyl (C=O) groups is 2. The molecule has 0 aliphatic rings. The van der Waals surface area contributed by atoms with Crippen molar-refractivity contribution in [2.24, 2.45) is 0 Å². The maximum Gasteiger partial charge on any atom is 0.417 e. The highest BCUT2D eigenvalue weighted by Gasteiger charge is 2.33. The minimum atomic E-state index is -4.57. The first-order valence-corrected chi connectivity index (χ1v) is 6.97. The summed E-state index contributed by atoms with van der Waals surface area (Å²) >= 11 is 6.40. The van der Waals surface area contributed by atoms with Crippen molar-refractivity contribution < 1.29 is 22.8 Å². The number of halogens is 4. The highest BCUT2D eigenvalue weighted by atomic mass is 35.5. The summed E-state index contributed by atoms with van der Waals surface area (Å²) in [6, 6.07) is 2.69. The summed E-state index contributed by atoms with van der Waals surface area (Å²) in [5, 5.41) is 3.10. The molecule has 0 saturated carbocycles. The summed E-state index contributed by atoms with van der Waals surface area (Å²) in [7, 11) is 1.34. The topological polar surface area (TPSA) is 58.2 Å². The van der Waals surface area contributed by atoms with Crippen LogP contribution in [0.3, 0.4) is 0 Å². The van der Waals surface area contributed by atoms with Crippen LogP contribution in [-0.4, -0.2) is 24.2 Å². The molecule has 1 aromatic rings. The van der Waals surface area contributed by atoms with E-state index in [2.05, 4.69) is 5.32 Å². The van der Waals surface area contributed by atoms with Crippen LogP contribution in [0.2, 0.25) is 5.02 Å². The van der Waals surface area contributed by atoms with Gasteiger partial charge in [0.1, 0.15) is 0 Å². The van der Waals surface area contributed by atoms with Gasteiger partial charge in [0.2, 0.25) is 5.91 Å². The number of alkyl halides is 3. The van der Waals surface area contributed by atoms with Crippen molar-refractivity contribution in [3.63, 3.8) is 0 Å². The van der Waals surface area contributed by atoms with Crippen molar-refractivity contribution in [1.82, 2.24) is 10.6 Å². The Morgan fingerprint density at radius 2 is 1.95 bits per heavy atom. The molecule has 1 aromatic carbocycles. The van der Waals surface area contributed by atoms with Gasteiger partial charge in [0.25, 0.3) is 0 Å². The lowest BCUT2D eigenvalue weighted by atomic mass is 10.2. The van der Waals surface area contributed by atoms with Gasteiger partial charge in [0.05, 0.1) is 15.8 Å². The Morgan fingerprint density at radius 3 is 2.48 bits per heavy atom. The molecule has 0 aliphatic heterocycles. The van der Waals surface area contributed by atoms with Gasteiger partial charge in [-0.3, -0.25) is 10.1 Å². The lowest BCUT2D eigenvalue weighted by Crippen LogP contribution is -2.41. The van der Waals surface area contributed by atoms with Crippen LogP contribution in [0.4, 0.5) is 18.0 Å². The molecular formula is C12H12ClF3N2O2S. The molecule has 0 unspecified atom stereocenters. The van der Waals surface area contributed by atoms with Gasteiger partial charge in [-0.05, 0) is 25.1 Å². The van der Waals surface area contributed by atoms with Crippen molar-refractivity contribution in [2.45, 2.75) is 23.2 Å². The van der Waals surface area contributed by atoms with Gasteiger partial charge in [0, 0.05) is 11.9 Å². The van der Waals surface area contributed by atoms with E-state index < -0.39 is 34.0 Å². The van der Waals surface area contributed by atoms with Crippen molar-refractivity contribution in [1.29, 1.82) is 0 Å². The Morgan fingerprint density at radius 1 is 1.33 bits per heavy atom. The van der Waals surface area contributed by atoms with E-state index in [4.69, 9.17) is 11.6 Å². The van der Waals surface area contributed by atoms with E-state index in [9.17, 15) is 22.8 Å². The fourth-order valence-corrected chi connectivity index (χ4v) is 2.46. The minimum absolute atomic E-state index is 0.228. The first kappa shape index (κ1) is 17.6. The fraction of sp³-hybridized carbons (Fsp3) is 0.333. The second kappa shape index (κ2) is 7.04. The average molecular weight is 341 g/mol. The first-order valence-electron chi connectivity index (χ1n) is 5.71. The van der Waals surface area contributed by atoms with E-state index in [1.807, 2.05) is 5.32 Å². The molecule has 0 saturated heterocycles. The number of urea groups is 1. The summed E-state index contributed by atoms with van der Waals surface area (Å²) < 4.78 is 38.1. The van der Waals surface area contributed by atoms with Crippen LogP contribution in [0, 0.1) is 0 Å². The number of rotatable bonds is 3. The predicted octanol–water partition coefficient (Wildman–Crippen LogP) is 3.30. The Kier molecular flexibility index (Phi) is 5.91. The highest BCUT2D eigenvalue weighted by molar-refractivity contribution is 8.00. The van der Waals surface area contributed by atoms with Gasteiger partial charge in [-0.15, -0.1) is 11.8 Å². The lowest BCUT2D eigenvalue weighted by molar-refractivity contribution is -0.137. The number of imide groups is 1. The number of amides is 3. The normalized spacial score (nSPS) is 12.7. The molecule has 21 heavy (non-hydrogen) atoms. The third-order valence-electron chi connectivity index (χ3n) is 2.39. The van der Waals surface area contributed by atoms with Crippen molar-refractivity contribution in [3.8, 4) is 0 Å². The third kappa shape index (κ3) is 5.13. The molecule has 0 fully saturated rings. The van der Waals surface area contributed by atoms with E-state index in [-0.39, 0.29) is 4.90 Å². The summed E-state index contributed by atoms with van der Waals surface area (Å²) in [5.41, 5.74) is -0.965. The summed E-state index contributed by atoms with van der Waals surface area (Å²) in [6.45, 7) is 1.48. The molecule has 3 amide bonds. The maximum absolute atomic E-state index is 12.7. The molecule has 116 valence electrons. The average Bonchev–Trinajstić information content (AvgIpc) is 2.39. The van der Waals surface area contributed by atoms with Gasteiger partial charge in [-0.2, -0.15) is 13.2 Å². The lowest BCUT2D eigenvalue weighted by Gasteiger charge is -2.13. The Hall–Kier alpha value is -1.41. The van der Waals surface area contributed by atoms with Gasteiger partial charge < -0.3 is 5.32 Å². The second-order valence-electron chi connectivity index (χ2n) is 3.97. The largest absolute Gasteiger partial charge is 0.417 e. The van der Waals surface area contributed by atoms with Crippen molar-refractivity contribution in [2.75, 3.05) is 7.05 Å². The van der Waals surface area contributed by atoms with Crippen LogP contribution in [0.1, 0.15) is 12.5 Å². The zero-order valence-corrected chi connectivity index (χ0v) is 12.6. The molecule has 2 N–H and O–H groups in total. The van der Waals surface area contributed by atoms with E-state index in [0.29, 0.717) is 0 Å².